The van der Waals surface area contributed by atoms with Crippen LogP contribution < -0.4 is 10.9 Å². The molecule has 2 N–H and O–H groups in total. The van der Waals surface area contributed by atoms with Crippen molar-refractivity contribution in [3.63, 3.8) is 0 Å². The van der Waals surface area contributed by atoms with E-state index in [1.807, 2.05) is 0 Å². The zero-order chi connectivity index (χ0) is 17.7. The number of amides is 2. The molecule has 0 spiro atoms. The molecule has 1 atom stereocenters. The first-order chi connectivity index (χ1) is 11.2. The van der Waals surface area contributed by atoms with Crippen molar-refractivity contribution < 1.29 is 22.4 Å². The number of nitrogens with one attached hydrogen (secondary N) is 2. The Morgan fingerprint density at radius 1 is 1.29 bits per heavy atom. The van der Waals surface area contributed by atoms with Gasteiger partial charge in [-0.1, -0.05) is 11.6 Å². The van der Waals surface area contributed by atoms with Crippen molar-refractivity contribution in [2.75, 3.05) is 17.3 Å². The van der Waals surface area contributed by atoms with E-state index < -0.39 is 27.5 Å². The minimum atomic E-state index is -3.03. The summed E-state index contributed by atoms with van der Waals surface area (Å²) < 4.78 is 35.6. The normalized spacial score (nSPS) is 19.0. The molecule has 1 aliphatic rings. The van der Waals surface area contributed by atoms with Crippen LogP contribution in [0.15, 0.2) is 23.1 Å². The van der Waals surface area contributed by atoms with Gasteiger partial charge < -0.3 is 0 Å². The number of carbonyl (C=O) groups is 2. The van der Waals surface area contributed by atoms with Gasteiger partial charge in [0.25, 0.3) is 0 Å². The third kappa shape index (κ3) is 5.95. The van der Waals surface area contributed by atoms with E-state index in [4.69, 9.17) is 11.6 Å². The Balaban J connectivity index is 1.69. The summed E-state index contributed by atoms with van der Waals surface area (Å²) in [5.41, 5.74) is 4.52. The van der Waals surface area contributed by atoms with Gasteiger partial charge in [0.2, 0.25) is 11.8 Å². The van der Waals surface area contributed by atoms with Crippen LogP contribution in [-0.4, -0.2) is 37.5 Å². The minimum absolute atomic E-state index is 0.00947. The SMILES string of the molecule is O=C(CSc1ccc(F)c(Cl)c1)NNC(=O)C[C@H]1CCS(=O)(=O)C1. The van der Waals surface area contributed by atoms with Crippen molar-refractivity contribution >= 4 is 45.0 Å². The fraction of sp³-hybridized carbons (Fsp3) is 0.429. The van der Waals surface area contributed by atoms with Crippen LogP contribution >= 0.6 is 23.4 Å². The highest BCUT2D eigenvalue weighted by atomic mass is 35.5. The summed E-state index contributed by atoms with van der Waals surface area (Å²) in [5, 5.41) is -0.0276. The van der Waals surface area contributed by atoms with Gasteiger partial charge in [-0.25, -0.2) is 12.8 Å². The average Bonchev–Trinajstić information content (AvgIpc) is 2.85. The van der Waals surface area contributed by atoms with Gasteiger partial charge in [-0.2, -0.15) is 0 Å². The van der Waals surface area contributed by atoms with Gasteiger partial charge in [0.1, 0.15) is 5.82 Å². The van der Waals surface area contributed by atoms with Gasteiger partial charge in [0.05, 0.1) is 22.3 Å². The van der Waals surface area contributed by atoms with E-state index >= 15 is 0 Å². The molecule has 2 rings (SSSR count). The van der Waals surface area contributed by atoms with Crippen molar-refractivity contribution in [1.29, 1.82) is 0 Å². The summed E-state index contributed by atoms with van der Waals surface area (Å²) in [7, 11) is -3.03. The Morgan fingerprint density at radius 2 is 2.00 bits per heavy atom. The van der Waals surface area contributed by atoms with E-state index in [0.717, 1.165) is 11.8 Å². The minimum Gasteiger partial charge on any atom is -0.273 e. The molecule has 1 aromatic rings. The first-order valence-electron chi connectivity index (χ1n) is 7.11. The quantitative estimate of drug-likeness (QED) is 0.583. The van der Waals surface area contributed by atoms with E-state index in [2.05, 4.69) is 10.9 Å². The maximum absolute atomic E-state index is 13.0. The second-order valence-corrected chi connectivity index (χ2v) is 9.12. The van der Waals surface area contributed by atoms with Crippen molar-refractivity contribution in [1.82, 2.24) is 10.9 Å². The lowest BCUT2D eigenvalue weighted by molar-refractivity contribution is -0.128. The number of hydrogen-bond donors (Lipinski definition) is 2. The van der Waals surface area contributed by atoms with Crippen LogP contribution in [0.25, 0.3) is 0 Å². The lowest BCUT2D eigenvalue weighted by atomic mass is 10.1. The summed E-state index contributed by atoms with van der Waals surface area (Å²) in [6.45, 7) is 0. The third-order valence-electron chi connectivity index (χ3n) is 3.40. The van der Waals surface area contributed by atoms with E-state index in [1.165, 1.54) is 18.2 Å². The Bertz CT molecular complexity index is 742. The molecule has 132 valence electrons. The number of hydrogen-bond acceptors (Lipinski definition) is 5. The Kier molecular flexibility index (Phi) is 6.47. The summed E-state index contributed by atoms with van der Waals surface area (Å²) in [5.74, 6) is -1.48. The molecule has 24 heavy (non-hydrogen) atoms. The predicted molar refractivity (Wildman–Crippen MR) is 89.8 cm³/mol. The molecule has 0 unspecified atom stereocenters. The number of sulfone groups is 1. The lowest BCUT2D eigenvalue weighted by Gasteiger charge is -2.10. The molecule has 1 heterocycles. The van der Waals surface area contributed by atoms with E-state index in [0.29, 0.717) is 11.3 Å². The van der Waals surface area contributed by atoms with Crippen LogP contribution in [0.2, 0.25) is 5.02 Å². The zero-order valence-corrected chi connectivity index (χ0v) is 14.9. The Morgan fingerprint density at radius 3 is 2.62 bits per heavy atom. The zero-order valence-electron chi connectivity index (χ0n) is 12.6. The lowest BCUT2D eigenvalue weighted by Crippen LogP contribution is -2.43. The fourth-order valence-corrected chi connectivity index (χ4v) is 5.08. The Labute approximate surface area is 148 Å². The van der Waals surface area contributed by atoms with E-state index in [-0.39, 0.29) is 34.6 Å². The van der Waals surface area contributed by atoms with Gasteiger partial charge in [-0.05, 0) is 30.5 Å². The van der Waals surface area contributed by atoms with Crippen LogP contribution in [0, 0.1) is 11.7 Å². The number of rotatable bonds is 5. The summed E-state index contributed by atoms with van der Waals surface area (Å²) in [4.78, 5) is 24.0. The molecule has 2 amide bonds. The number of carbonyl (C=O) groups excluding carboxylic acids is 2. The standard InChI is InChI=1S/C14H16ClFN2O4S2/c15-11-6-10(1-2-12(11)16)23-7-14(20)18-17-13(19)5-9-3-4-24(21,22)8-9/h1-2,6,9H,3-5,7-8H2,(H,17,19)(H,18,20)/t9-/m1/s1. The molecule has 1 saturated heterocycles. The molecule has 1 aliphatic heterocycles. The highest BCUT2D eigenvalue weighted by molar-refractivity contribution is 8.00. The first-order valence-corrected chi connectivity index (χ1v) is 10.3. The van der Waals surface area contributed by atoms with E-state index in [1.54, 1.807) is 0 Å². The largest absolute Gasteiger partial charge is 0.273 e. The molecular formula is C14H16ClFN2O4S2. The van der Waals surface area contributed by atoms with Crippen molar-refractivity contribution in [2.45, 2.75) is 17.7 Å². The molecule has 10 heteroatoms. The van der Waals surface area contributed by atoms with Crippen LogP contribution in [-0.2, 0) is 19.4 Å². The molecule has 0 saturated carbocycles. The highest BCUT2D eigenvalue weighted by Gasteiger charge is 2.29. The van der Waals surface area contributed by atoms with Gasteiger partial charge in [-0.15, -0.1) is 11.8 Å². The second-order valence-electron chi connectivity index (χ2n) is 5.43. The van der Waals surface area contributed by atoms with Crippen molar-refractivity contribution in [2.24, 2.45) is 5.92 Å². The molecule has 1 fully saturated rings. The summed E-state index contributed by atoms with van der Waals surface area (Å²) >= 11 is 6.79. The Hall–Kier alpha value is -1.32. The van der Waals surface area contributed by atoms with Gasteiger partial charge in [-0.3, -0.25) is 20.4 Å². The van der Waals surface area contributed by atoms with Crippen molar-refractivity contribution in [3.8, 4) is 0 Å². The van der Waals surface area contributed by atoms with Crippen LogP contribution in [0.4, 0.5) is 4.39 Å². The second kappa shape index (κ2) is 8.17. The molecule has 0 bridgehead atoms. The number of thioether (sulfide) groups is 1. The molecular weight excluding hydrogens is 379 g/mol. The van der Waals surface area contributed by atoms with Crippen LogP contribution in [0.3, 0.4) is 0 Å². The number of halogens is 2. The van der Waals surface area contributed by atoms with Gasteiger partial charge in [0.15, 0.2) is 9.84 Å². The molecule has 0 aromatic heterocycles. The third-order valence-corrected chi connectivity index (χ3v) is 6.52. The summed E-state index contributed by atoms with van der Waals surface area (Å²) in [6.07, 6.45) is 0.519. The maximum atomic E-state index is 13.0. The monoisotopic (exact) mass is 394 g/mol. The molecule has 6 nitrogen and oxygen atoms in total. The molecule has 0 aliphatic carbocycles. The molecule has 1 aromatic carbocycles. The van der Waals surface area contributed by atoms with Gasteiger partial charge >= 0.3 is 0 Å². The number of benzene rings is 1. The smallest absolute Gasteiger partial charge is 0.248 e. The fourth-order valence-electron chi connectivity index (χ4n) is 2.24. The highest BCUT2D eigenvalue weighted by Crippen LogP contribution is 2.24. The summed E-state index contributed by atoms with van der Waals surface area (Å²) in [6, 6.07) is 4.12. The van der Waals surface area contributed by atoms with Crippen LogP contribution in [0.1, 0.15) is 12.8 Å². The van der Waals surface area contributed by atoms with E-state index in [9.17, 15) is 22.4 Å². The molecule has 0 radical (unpaired) electrons. The number of hydrazine groups is 1. The average molecular weight is 395 g/mol. The topological polar surface area (TPSA) is 92.3 Å². The van der Waals surface area contributed by atoms with Crippen LogP contribution in [0.5, 0.6) is 0 Å². The predicted octanol–water partition coefficient (Wildman–Crippen LogP) is 1.54. The van der Waals surface area contributed by atoms with Crippen molar-refractivity contribution in [3.05, 3.63) is 29.0 Å². The maximum Gasteiger partial charge on any atom is 0.248 e. The first kappa shape index (κ1) is 19.0. The van der Waals surface area contributed by atoms with Gasteiger partial charge in [0, 0.05) is 11.3 Å².